The molecular formula is C23H32N2O. The van der Waals surface area contributed by atoms with Crippen LogP contribution < -0.4 is 10.6 Å². The first-order valence-corrected chi connectivity index (χ1v) is 9.61. The maximum atomic E-state index is 12.4. The fourth-order valence-corrected chi connectivity index (χ4v) is 3.16. The van der Waals surface area contributed by atoms with Gasteiger partial charge in [-0.2, -0.15) is 0 Å². The normalized spacial score (nSPS) is 12.2. The summed E-state index contributed by atoms with van der Waals surface area (Å²) in [7, 11) is 0. The summed E-state index contributed by atoms with van der Waals surface area (Å²) in [6.45, 7) is 11.0. The Morgan fingerprint density at radius 2 is 1.73 bits per heavy atom. The van der Waals surface area contributed by atoms with Crippen LogP contribution in [-0.2, 0) is 17.6 Å². The van der Waals surface area contributed by atoms with Gasteiger partial charge in [0.2, 0.25) is 5.91 Å². The number of carbonyl (C=O) groups is 1. The van der Waals surface area contributed by atoms with E-state index >= 15 is 0 Å². The topological polar surface area (TPSA) is 41.1 Å². The largest absolute Gasteiger partial charge is 0.324 e. The van der Waals surface area contributed by atoms with Crippen LogP contribution in [0.1, 0.15) is 56.0 Å². The van der Waals surface area contributed by atoms with Gasteiger partial charge in [0.15, 0.2) is 0 Å². The van der Waals surface area contributed by atoms with E-state index < -0.39 is 0 Å². The van der Waals surface area contributed by atoms with E-state index in [-0.39, 0.29) is 11.9 Å². The van der Waals surface area contributed by atoms with Crippen LogP contribution in [0.5, 0.6) is 0 Å². The van der Waals surface area contributed by atoms with Gasteiger partial charge in [-0.1, -0.05) is 63.2 Å². The molecule has 2 rings (SSSR count). The van der Waals surface area contributed by atoms with Crippen molar-refractivity contribution in [1.29, 1.82) is 0 Å². The van der Waals surface area contributed by atoms with Crippen LogP contribution in [0, 0.1) is 12.8 Å². The maximum absolute atomic E-state index is 12.4. The Bertz CT molecular complexity index is 719. The van der Waals surface area contributed by atoms with Gasteiger partial charge in [0.1, 0.15) is 0 Å². The van der Waals surface area contributed by atoms with E-state index in [2.05, 4.69) is 68.7 Å². The minimum Gasteiger partial charge on any atom is -0.324 e. The molecule has 2 aromatic rings. The van der Waals surface area contributed by atoms with Gasteiger partial charge in [-0.05, 0) is 54.9 Å². The molecule has 0 heterocycles. The SMILES string of the molecule is CCc1cccc(C)c1NC(=O)CN[C@@H](C)c1ccc(CC(C)C)cc1. The number of anilines is 1. The molecule has 0 spiro atoms. The van der Waals surface area contributed by atoms with Gasteiger partial charge in [-0.15, -0.1) is 0 Å². The van der Waals surface area contributed by atoms with E-state index in [0.717, 1.165) is 24.1 Å². The lowest BCUT2D eigenvalue weighted by molar-refractivity contribution is -0.115. The predicted molar refractivity (Wildman–Crippen MR) is 111 cm³/mol. The van der Waals surface area contributed by atoms with Crippen molar-refractivity contribution in [1.82, 2.24) is 5.32 Å². The summed E-state index contributed by atoms with van der Waals surface area (Å²) >= 11 is 0. The lowest BCUT2D eigenvalue weighted by Gasteiger charge is -2.17. The Kier molecular flexibility index (Phi) is 7.40. The molecule has 2 N–H and O–H groups in total. The zero-order chi connectivity index (χ0) is 19.1. The molecule has 0 saturated carbocycles. The van der Waals surface area contributed by atoms with Gasteiger partial charge in [-0.25, -0.2) is 0 Å². The van der Waals surface area contributed by atoms with E-state index in [1.165, 1.54) is 16.7 Å². The number of rotatable bonds is 8. The first kappa shape index (κ1) is 20.2. The third kappa shape index (κ3) is 5.70. The molecule has 0 aromatic heterocycles. The number of benzene rings is 2. The summed E-state index contributed by atoms with van der Waals surface area (Å²) in [5, 5.41) is 6.39. The standard InChI is InChI=1S/C23H32N2O/c1-6-20-9-7-8-17(4)23(20)25-22(26)15-24-18(5)21-12-10-19(11-13-21)14-16(2)3/h7-13,16,18,24H,6,14-15H2,1-5H3,(H,25,26)/t18-/m0/s1. The average molecular weight is 353 g/mol. The molecule has 0 radical (unpaired) electrons. The van der Waals surface area contributed by atoms with Crippen LogP contribution in [0.2, 0.25) is 0 Å². The summed E-state index contributed by atoms with van der Waals surface area (Å²) in [6.07, 6.45) is 2.00. The molecule has 0 saturated heterocycles. The van der Waals surface area contributed by atoms with Crippen LogP contribution >= 0.6 is 0 Å². The highest BCUT2D eigenvalue weighted by atomic mass is 16.1. The van der Waals surface area contributed by atoms with Crippen LogP contribution in [0.15, 0.2) is 42.5 Å². The maximum Gasteiger partial charge on any atom is 0.238 e. The molecular weight excluding hydrogens is 320 g/mol. The molecule has 1 amide bonds. The Hall–Kier alpha value is -2.13. The highest BCUT2D eigenvalue weighted by Gasteiger charge is 2.11. The van der Waals surface area contributed by atoms with Crippen molar-refractivity contribution in [2.75, 3.05) is 11.9 Å². The smallest absolute Gasteiger partial charge is 0.238 e. The van der Waals surface area contributed by atoms with Gasteiger partial charge in [-0.3, -0.25) is 4.79 Å². The Morgan fingerprint density at radius 3 is 2.35 bits per heavy atom. The molecule has 0 bridgehead atoms. The minimum absolute atomic E-state index is 0.00252. The number of carbonyl (C=O) groups excluding carboxylic acids is 1. The van der Waals surface area contributed by atoms with Crippen LogP contribution in [0.4, 0.5) is 5.69 Å². The molecule has 140 valence electrons. The number of hydrogen-bond donors (Lipinski definition) is 2. The van der Waals surface area contributed by atoms with E-state index in [1.807, 2.05) is 19.1 Å². The Labute approximate surface area is 158 Å². The number of hydrogen-bond acceptors (Lipinski definition) is 2. The van der Waals surface area contributed by atoms with Gasteiger partial charge in [0, 0.05) is 11.7 Å². The van der Waals surface area contributed by atoms with E-state index in [0.29, 0.717) is 12.5 Å². The van der Waals surface area contributed by atoms with Crippen molar-refractivity contribution >= 4 is 11.6 Å². The zero-order valence-electron chi connectivity index (χ0n) is 16.7. The molecule has 3 heteroatoms. The van der Waals surface area contributed by atoms with Crippen molar-refractivity contribution in [2.45, 2.75) is 53.5 Å². The van der Waals surface area contributed by atoms with Crippen LogP contribution in [-0.4, -0.2) is 12.5 Å². The number of amides is 1. The molecule has 0 aliphatic rings. The molecule has 26 heavy (non-hydrogen) atoms. The van der Waals surface area contributed by atoms with Crippen molar-refractivity contribution < 1.29 is 4.79 Å². The lowest BCUT2D eigenvalue weighted by Crippen LogP contribution is -2.30. The Morgan fingerprint density at radius 1 is 1.04 bits per heavy atom. The van der Waals surface area contributed by atoms with Crippen LogP contribution in [0.3, 0.4) is 0 Å². The first-order valence-electron chi connectivity index (χ1n) is 9.61. The van der Waals surface area contributed by atoms with E-state index in [9.17, 15) is 4.79 Å². The highest BCUT2D eigenvalue weighted by Crippen LogP contribution is 2.21. The van der Waals surface area contributed by atoms with E-state index in [4.69, 9.17) is 0 Å². The first-order chi connectivity index (χ1) is 12.4. The van der Waals surface area contributed by atoms with Crippen molar-refractivity contribution in [3.05, 3.63) is 64.7 Å². The second kappa shape index (κ2) is 9.54. The molecule has 1 atom stereocenters. The number of para-hydroxylation sites is 1. The van der Waals surface area contributed by atoms with Crippen molar-refractivity contribution in [2.24, 2.45) is 5.92 Å². The zero-order valence-corrected chi connectivity index (χ0v) is 16.7. The molecule has 0 fully saturated rings. The predicted octanol–water partition coefficient (Wildman–Crippen LogP) is 5.05. The molecule has 0 aliphatic heterocycles. The molecule has 2 aromatic carbocycles. The molecule has 0 aliphatic carbocycles. The summed E-state index contributed by atoms with van der Waals surface area (Å²) in [6, 6.07) is 15.0. The van der Waals surface area contributed by atoms with Crippen molar-refractivity contribution in [3.63, 3.8) is 0 Å². The fraction of sp³-hybridized carbons (Fsp3) is 0.435. The Balaban J connectivity index is 1.91. The molecule has 0 unspecified atom stereocenters. The minimum atomic E-state index is -0.00252. The van der Waals surface area contributed by atoms with Gasteiger partial charge < -0.3 is 10.6 Å². The fourth-order valence-electron chi connectivity index (χ4n) is 3.16. The molecule has 3 nitrogen and oxygen atoms in total. The second-order valence-corrected chi connectivity index (χ2v) is 7.45. The third-order valence-corrected chi connectivity index (χ3v) is 4.70. The van der Waals surface area contributed by atoms with Gasteiger partial charge in [0.05, 0.1) is 6.54 Å². The number of aryl methyl sites for hydroxylation is 2. The van der Waals surface area contributed by atoms with Gasteiger partial charge >= 0.3 is 0 Å². The van der Waals surface area contributed by atoms with Gasteiger partial charge in [0.25, 0.3) is 0 Å². The summed E-state index contributed by atoms with van der Waals surface area (Å²) in [5.41, 5.74) is 5.79. The summed E-state index contributed by atoms with van der Waals surface area (Å²) in [4.78, 5) is 12.4. The third-order valence-electron chi connectivity index (χ3n) is 4.70. The summed E-state index contributed by atoms with van der Waals surface area (Å²) in [5.74, 6) is 0.659. The monoisotopic (exact) mass is 352 g/mol. The summed E-state index contributed by atoms with van der Waals surface area (Å²) < 4.78 is 0. The van der Waals surface area contributed by atoms with E-state index in [1.54, 1.807) is 0 Å². The lowest BCUT2D eigenvalue weighted by atomic mass is 10.00. The average Bonchev–Trinajstić information content (AvgIpc) is 2.61. The number of nitrogens with one attached hydrogen (secondary N) is 2. The highest BCUT2D eigenvalue weighted by molar-refractivity contribution is 5.93. The quantitative estimate of drug-likeness (QED) is 0.698. The second-order valence-electron chi connectivity index (χ2n) is 7.45. The van der Waals surface area contributed by atoms with Crippen LogP contribution in [0.25, 0.3) is 0 Å². The van der Waals surface area contributed by atoms with Crippen molar-refractivity contribution in [3.8, 4) is 0 Å².